The second kappa shape index (κ2) is 5.41. The topological polar surface area (TPSA) is 63.8 Å². The van der Waals surface area contributed by atoms with E-state index >= 15 is 0 Å². The van der Waals surface area contributed by atoms with Crippen LogP contribution in [0.25, 0.3) is 0 Å². The Labute approximate surface area is 101 Å². The molecule has 4 nitrogen and oxygen atoms in total. The predicted octanol–water partition coefficient (Wildman–Crippen LogP) is 2.24. The van der Waals surface area contributed by atoms with Crippen LogP contribution in [-0.2, 0) is 13.0 Å². The molecular weight excluding hydrogens is 212 g/mol. The summed E-state index contributed by atoms with van der Waals surface area (Å²) >= 11 is 0. The van der Waals surface area contributed by atoms with Gasteiger partial charge in [-0.15, -0.1) is 0 Å². The van der Waals surface area contributed by atoms with Gasteiger partial charge in [0.1, 0.15) is 0 Å². The van der Waals surface area contributed by atoms with Crippen LogP contribution in [0, 0.1) is 0 Å². The van der Waals surface area contributed by atoms with Gasteiger partial charge < -0.3 is 11.1 Å². The van der Waals surface area contributed by atoms with Crippen LogP contribution in [0.2, 0.25) is 0 Å². The van der Waals surface area contributed by atoms with Gasteiger partial charge >= 0.3 is 0 Å². The van der Waals surface area contributed by atoms with Crippen molar-refractivity contribution >= 4 is 11.6 Å². The van der Waals surface area contributed by atoms with Crippen molar-refractivity contribution in [1.29, 1.82) is 0 Å². The highest BCUT2D eigenvalue weighted by molar-refractivity contribution is 5.53. The molecule has 1 heterocycles. The first-order valence-corrected chi connectivity index (χ1v) is 5.68. The summed E-state index contributed by atoms with van der Waals surface area (Å²) in [4.78, 5) is 8.48. The number of hydrogen-bond acceptors (Lipinski definition) is 4. The van der Waals surface area contributed by atoms with Crippen molar-refractivity contribution in [2.45, 2.75) is 19.9 Å². The van der Waals surface area contributed by atoms with Gasteiger partial charge in [0.25, 0.3) is 0 Å². The lowest BCUT2D eigenvalue weighted by molar-refractivity contribution is 1.05. The smallest absolute Gasteiger partial charge is 0.227 e. The van der Waals surface area contributed by atoms with Crippen LogP contribution in [-0.4, -0.2) is 9.97 Å². The van der Waals surface area contributed by atoms with E-state index in [4.69, 9.17) is 5.73 Å². The maximum absolute atomic E-state index is 5.54. The highest BCUT2D eigenvalue weighted by Crippen LogP contribution is 2.13. The van der Waals surface area contributed by atoms with Crippen molar-refractivity contribution in [3.8, 4) is 0 Å². The van der Waals surface area contributed by atoms with Crippen LogP contribution < -0.4 is 11.1 Å². The minimum Gasteiger partial charge on any atom is -0.326 e. The third kappa shape index (κ3) is 3.01. The highest BCUT2D eigenvalue weighted by Gasteiger charge is 1.98. The second-order valence-corrected chi connectivity index (χ2v) is 3.79. The van der Waals surface area contributed by atoms with Gasteiger partial charge in [0, 0.05) is 24.6 Å². The molecule has 2 rings (SSSR count). The van der Waals surface area contributed by atoms with Gasteiger partial charge in [-0.25, -0.2) is 9.97 Å². The summed E-state index contributed by atoms with van der Waals surface area (Å²) in [5.41, 5.74) is 8.75. The molecule has 2 aromatic rings. The molecule has 17 heavy (non-hydrogen) atoms. The molecule has 0 amide bonds. The zero-order valence-electron chi connectivity index (χ0n) is 9.85. The van der Waals surface area contributed by atoms with Crippen molar-refractivity contribution in [2.24, 2.45) is 5.73 Å². The molecular formula is C13H16N4. The number of nitrogens with one attached hydrogen (secondary N) is 1. The molecule has 0 aliphatic carbocycles. The van der Waals surface area contributed by atoms with Gasteiger partial charge in [-0.05, 0) is 29.7 Å². The van der Waals surface area contributed by atoms with E-state index in [-0.39, 0.29) is 0 Å². The number of nitrogens with two attached hydrogens (primary N) is 1. The number of rotatable bonds is 4. The van der Waals surface area contributed by atoms with E-state index in [0.717, 1.165) is 23.2 Å². The number of hydrogen-bond donors (Lipinski definition) is 2. The monoisotopic (exact) mass is 228 g/mol. The minimum absolute atomic E-state index is 0.558. The highest BCUT2D eigenvalue weighted by atomic mass is 15.1. The summed E-state index contributed by atoms with van der Waals surface area (Å²) in [5, 5.41) is 3.14. The molecule has 0 atom stereocenters. The Balaban J connectivity index is 2.08. The number of aryl methyl sites for hydroxylation is 1. The summed E-state index contributed by atoms with van der Waals surface area (Å²) in [6, 6.07) is 7.92. The molecule has 0 aliphatic rings. The molecule has 4 heteroatoms. The fraction of sp³-hybridized carbons (Fsp3) is 0.231. The maximum atomic E-state index is 5.54. The molecule has 0 unspecified atom stereocenters. The molecule has 3 N–H and O–H groups in total. The molecule has 0 fully saturated rings. The average Bonchev–Trinajstić information content (AvgIpc) is 2.40. The van der Waals surface area contributed by atoms with E-state index in [1.165, 1.54) is 0 Å². The second-order valence-electron chi connectivity index (χ2n) is 3.79. The lowest BCUT2D eigenvalue weighted by atomic mass is 10.2. The third-order valence-electron chi connectivity index (χ3n) is 2.56. The van der Waals surface area contributed by atoms with Gasteiger partial charge in [0.15, 0.2) is 0 Å². The van der Waals surface area contributed by atoms with E-state index in [1.807, 2.05) is 36.7 Å². The minimum atomic E-state index is 0.558. The zero-order valence-corrected chi connectivity index (χ0v) is 9.85. The summed E-state index contributed by atoms with van der Waals surface area (Å²) in [7, 11) is 0. The first-order chi connectivity index (χ1) is 8.31. The summed E-state index contributed by atoms with van der Waals surface area (Å²) in [6.07, 6.45) is 4.62. The molecule has 88 valence electrons. The van der Waals surface area contributed by atoms with Crippen LogP contribution in [0.4, 0.5) is 11.6 Å². The van der Waals surface area contributed by atoms with Crippen molar-refractivity contribution in [3.63, 3.8) is 0 Å². The molecule has 1 aromatic carbocycles. The molecule has 0 spiro atoms. The molecule has 0 bridgehead atoms. The number of aromatic nitrogens is 2. The van der Waals surface area contributed by atoms with E-state index in [2.05, 4.69) is 22.2 Å². The van der Waals surface area contributed by atoms with Crippen molar-refractivity contribution < 1.29 is 0 Å². The fourth-order valence-electron chi connectivity index (χ4n) is 1.46. The standard InChI is InChI=1S/C13H16N4/c1-2-10-8-15-13(16-9-10)17-12-5-3-11(7-14)4-6-12/h3-6,8-9H,2,7,14H2,1H3,(H,15,16,17). The van der Waals surface area contributed by atoms with E-state index in [0.29, 0.717) is 12.5 Å². The van der Waals surface area contributed by atoms with Crippen LogP contribution in [0.5, 0.6) is 0 Å². The van der Waals surface area contributed by atoms with E-state index < -0.39 is 0 Å². The maximum Gasteiger partial charge on any atom is 0.227 e. The number of anilines is 2. The number of benzene rings is 1. The summed E-state index contributed by atoms with van der Waals surface area (Å²) in [6.45, 7) is 2.64. The normalized spacial score (nSPS) is 10.2. The Morgan fingerprint density at radius 1 is 1.06 bits per heavy atom. The van der Waals surface area contributed by atoms with Gasteiger partial charge in [-0.2, -0.15) is 0 Å². The third-order valence-corrected chi connectivity index (χ3v) is 2.56. The van der Waals surface area contributed by atoms with Gasteiger partial charge in [-0.3, -0.25) is 0 Å². The number of nitrogens with zero attached hydrogens (tertiary/aromatic N) is 2. The SMILES string of the molecule is CCc1cnc(Nc2ccc(CN)cc2)nc1. The molecule has 0 aliphatic heterocycles. The average molecular weight is 228 g/mol. The van der Waals surface area contributed by atoms with Crippen LogP contribution in [0.3, 0.4) is 0 Å². The quantitative estimate of drug-likeness (QED) is 0.842. The Kier molecular flexibility index (Phi) is 3.67. The molecule has 0 saturated carbocycles. The lowest BCUT2D eigenvalue weighted by Gasteiger charge is -2.05. The van der Waals surface area contributed by atoms with E-state index in [9.17, 15) is 0 Å². The van der Waals surface area contributed by atoms with Gasteiger partial charge in [0.2, 0.25) is 5.95 Å². The Bertz CT molecular complexity index is 416. The first kappa shape index (κ1) is 11.5. The largest absolute Gasteiger partial charge is 0.326 e. The first-order valence-electron chi connectivity index (χ1n) is 5.68. The Morgan fingerprint density at radius 2 is 1.71 bits per heavy atom. The lowest BCUT2D eigenvalue weighted by Crippen LogP contribution is -1.99. The molecule has 1 aromatic heterocycles. The van der Waals surface area contributed by atoms with Crippen LogP contribution >= 0.6 is 0 Å². The molecule has 0 radical (unpaired) electrons. The van der Waals surface area contributed by atoms with Crippen molar-refractivity contribution in [3.05, 3.63) is 47.8 Å². The van der Waals surface area contributed by atoms with E-state index in [1.54, 1.807) is 0 Å². The van der Waals surface area contributed by atoms with Crippen molar-refractivity contribution in [2.75, 3.05) is 5.32 Å². The summed E-state index contributed by atoms with van der Waals surface area (Å²) < 4.78 is 0. The predicted molar refractivity (Wildman–Crippen MR) is 69.0 cm³/mol. The van der Waals surface area contributed by atoms with Gasteiger partial charge in [0.05, 0.1) is 0 Å². The van der Waals surface area contributed by atoms with Crippen molar-refractivity contribution in [1.82, 2.24) is 9.97 Å². The Hall–Kier alpha value is -1.94. The van der Waals surface area contributed by atoms with Crippen LogP contribution in [0.15, 0.2) is 36.7 Å². The summed E-state index contributed by atoms with van der Waals surface area (Å²) in [5.74, 6) is 0.614. The Morgan fingerprint density at radius 3 is 2.24 bits per heavy atom. The van der Waals surface area contributed by atoms with Crippen LogP contribution in [0.1, 0.15) is 18.1 Å². The zero-order chi connectivity index (χ0) is 12.1. The fourth-order valence-corrected chi connectivity index (χ4v) is 1.46. The van der Waals surface area contributed by atoms with Gasteiger partial charge in [-0.1, -0.05) is 19.1 Å². The molecule has 0 saturated heterocycles.